The van der Waals surface area contributed by atoms with E-state index in [9.17, 15) is 14.4 Å². The smallest absolute Gasteiger partial charge is 0.310 e. The number of hydrogen-bond donors (Lipinski definition) is 1. The van der Waals surface area contributed by atoms with E-state index in [1.807, 2.05) is 0 Å². The molecule has 1 aliphatic carbocycles. The highest BCUT2D eigenvalue weighted by Gasteiger charge is 2.73. The summed E-state index contributed by atoms with van der Waals surface area (Å²) < 4.78 is 47.1. The number of carbonyl (C=O) groups is 2. The number of halogens is 3. The molecule has 5 rings (SSSR count). The normalized spacial score (nSPS) is 21.5. The second kappa shape index (κ2) is 8.33. The first-order valence-electron chi connectivity index (χ1n) is 12.0. The van der Waals surface area contributed by atoms with Crippen LogP contribution in [0.5, 0.6) is 0 Å². The number of allylic oxidation sites excluding steroid dienone is 1. The van der Waals surface area contributed by atoms with E-state index in [1.54, 1.807) is 74.5 Å². The number of para-hydroxylation sites is 1. The van der Waals surface area contributed by atoms with Gasteiger partial charge in [-0.25, -0.2) is 4.68 Å². The summed E-state index contributed by atoms with van der Waals surface area (Å²) in [6, 6.07) is 16.8. The Balaban J connectivity index is 1.81. The molecule has 3 aromatic rings. The molecule has 2 heterocycles. The molecule has 6 nitrogen and oxygen atoms in total. The van der Waals surface area contributed by atoms with Gasteiger partial charge in [0, 0.05) is 23.4 Å². The van der Waals surface area contributed by atoms with E-state index in [0.717, 1.165) is 9.58 Å². The number of benzene rings is 2. The number of aromatic amines is 1. The minimum Gasteiger partial charge on any atom is -0.310 e. The van der Waals surface area contributed by atoms with Crippen LogP contribution in [0.25, 0.3) is 5.69 Å². The average molecular weight is 510 g/mol. The number of rotatable bonds is 4. The molecule has 0 fully saturated rings. The van der Waals surface area contributed by atoms with Crippen molar-refractivity contribution in [1.29, 1.82) is 0 Å². The predicted molar refractivity (Wildman–Crippen MR) is 131 cm³/mol. The fourth-order valence-electron chi connectivity index (χ4n) is 5.69. The second-order valence-electron chi connectivity index (χ2n) is 10.5. The Morgan fingerprint density at radius 3 is 2.11 bits per heavy atom. The number of hydrogen-bond acceptors (Lipinski definition) is 3. The topological polar surface area (TPSA) is 75.2 Å². The van der Waals surface area contributed by atoms with E-state index < -0.39 is 45.4 Å². The van der Waals surface area contributed by atoms with Crippen LogP contribution in [0.1, 0.15) is 43.5 Å². The zero-order chi connectivity index (χ0) is 26.8. The lowest BCUT2D eigenvalue weighted by Gasteiger charge is -2.35. The summed E-state index contributed by atoms with van der Waals surface area (Å²) in [7, 11) is 0. The SMILES string of the molecule is Cc1[nH]n(-c2ccccc2)c(=O)c1[C@]1(C(F)(F)F)C(=O)N(Cc2ccccc2)C2=C1C(=O)CC(C)(C)C2. The summed E-state index contributed by atoms with van der Waals surface area (Å²) in [5.41, 5.74) is -5.60. The number of nitrogens with zero attached hydrogens (tertiary/aromatic N) is 2. The van der Waals surface area contributed by atoms with Crippen molar-refractivity contribution in [1.82, 2.24) is 14.7 Å². The van der Waals surface area contributed by atoms with Gasteiger partial charge >= 0.3 is 6.18 Å². The van der Waals surface area contributed by atoms with Crippen molar-refractivity contribution in [2.45, 2.75) is 51.7 Å². The van der Waals surface area contributed by atoms with Crippen molar-refractivity contribution < 1.29 is 22.8 Å². The molecule has 0 unspecified atom stereocenters. The molecule has 2 aromatic carbocycles. The quantitative estimate of drug-likeness (QED) is 0.540. The first-order valence-corrected chi connectivity index (χ1v) is 12.0. The van der Waals surface area contributed by atoms with Gasteiger partial charge in [-0.3, -0.25) is 19.5 Å². The molecule has 0 spiro atoms. The Kier molecular flexibility index (Phi) is 5.58. The van der Waals surface area contributed by atoms with Crippen LogP contribution in [0.2, 0.25) is 0 Å². The van der Waals surface area contributed by atoms with Gasteiger partial charge in [-0.05, 0) is 36.5 Å². The van der Waals surface area contributed by atoms with Gasteiger partial charge in [-0.15, -0.1) is 0 Å². The summed E-state index contributed by atoms with van der Waals surface area (Å²) in [6.45, 7) is 4.76. The van der Waals surface area contributed by atoms with Crippen molar-refractivity contribution in [3.63, 3.8) is 0 Å². The molecule has 2 aliphatic rings. The first-order chi connectivity index (χ1) is 17.4. The monoisotopic (exact) mass is 509 g/mol. The molecular weight excluding hydrogens is 483 g/mol. The Labute approximate surface area is 211 Å². The molecular formula is C28H26F3N3O3. The molecule has 9 heteroatoms. The van der Waals surface area contributed by atoms with Gasteiger partial charge in [0.15, 0.2) is 5.78 Å². The number of amides is 1. The van der Waals surface area contributed by atoms with Crippen LogP contribution in [0.4, 0.5) is 13.2 Å². The van der Waals surface area contributed by atoms with Crippen molar-refractivity contribution in [2.24, 2.45) is 5.41 Å². The molecule has 1 atom stereocenters. The number of aryl methyl sites for hydroxylation is 1. The van der Waals surface area contributed by atoms with Crippen LogP contribution < -0.4 is 5.56 Å². The summed E-state index contributed by atoms with van der Waals surface area (Å²) in [4.78, 5) is 42.4. The molecule has 192 valence electrons. The van der Waals surface area contributed by atoms with E-state index in [4.69, 9.17) is 0 Å². The zero-order valence-electron chi connectivity index (χ0n) is 20.6. The Morgan fingerprint density at radius 1 is 0.919 bits per heavy atom. The minimum absolute atomic E-state index is 0.0405. The standard InChI is InChI=1S/C28H26F3N3O3/c1-17-22(24(36)34(32-17)19-12-8-5-9-13-19)27(28(29,30)31)23-20(14-26(2,3)15-21(23)35)33(25(27)37)16-18-10-6-4-7-11-18/h4-13,32H,14-16H2,1-3H3/t27-/m1/s1. The Bertz CT molecular complexity index is 1480. The zero-order valence-corrected chi connectivity index (χ0v) is 20.6. The number of ketones is 1. The third-order valence-electron chi connectivity index (χ3n) is 7.19. The van der Waals surface area contributed by atoms with Gasteiger partial charge in [-0.2, -0.15) is 13.2 Å². The highest BCUT2D eigenvalue weighted by atomic mass is 19.4. The van der Waals surface area contributed by atoms with Crippen molar-refractivity contribution in [3.8, 4) is 5.69 Å². The molecule has 1 N–H and O–H groups in total. The van der Waals surface area contributed by atoms with Crippen molar-refractivity contribution in [3.05, 3.63) is 99.1 Å². The molecule has 0 saturated heterocycles. The van der Waals surface area contributed by atoms with Gasteiger partial charge in [0.05, 0.1) is 17.8 Å². The van der Waals surface area contributed by atoms with Gasteiger partial charge in [0.1, 0.15) is 0 Å². The van der Waals surface area contributed by atoms with E-state index >= 15 is 13.2 Å². The maximum absolute atomic E-state index is 15.4. The fourth-order valence-corrected chi connectivity index (χ4v) is 5.69. The summed E-state index contributed by atoms with van der Waals surface area (Å²) in [6.07, 6.45) is -5.30. The number of H-pyrrole nitrogens is 1. The Morgan fingerprint density at radius 2 is 1.51 bits per heavy atom. The van der Waals surface area contributed by atoms with Crippen LogP contribution in [-0.2, 0) is 21.5 Å². The van der Waals surface area contributed by atoms with Gasteiger partial charge in [-0.1, -0.05) is 62.4 Å². The van der Waals surface area contributed by atoms with Crippen LogP contribution in [-0.4, -0.2) is 32.5 Å². The summed E-state index contributed by atoms with van der Waals surface area (Å²) >= 11 is 0. The largest absolute Gasteiger partial charge is 0.411 e. The number of aromatic nitrogens is 2. The van der Waals surface area contributed by atoms with Crippen LogP contribution in [0.3, 0.4) is 0 Å². The molecule has 37 heavy (non-hydrogen) atoms. The molecule has 0 saturated carbocycles. The number of carbonyl (C=O) groups excluding carboxylic acids is 2. The molecule has 0 bridgehead atoms. The van der Waals surface area contributed by atoms with Gasteiger partial charge in [0.2, 0.25) is 5.41 Å². The third kappa shape index (κ3) is 3.67. The summed E-state index contributed by atoms with van der Waals surface area (Å²) in [5, 5.41) is 2.71. The molecule has 1 aliphatic heterocycles. The van der Waals surface area contributed by atoms with Crippen molar-refractivity contribution >= 4 is 11.7 Å². The first kappa shape index (κ1) is 24.8. The fraction of sp³-hybridized carbons (Fsp3) is 0.321. The van der Waals surface area contributed by atoms with Gasteiger partial charge in [0.25, 0.3) is 11.5 Å². The van der Waals surface area contributed by atoms with E-state index in [2.05, 4.69) is 5.10 Å². The lowest BCUT2D eigenvalue weighted by Crippen LogP contribution is -2.55. The van der Waals surface area contributed by atoms with Crippen LogP contribution in [0.15, 0.2) is 76.7 Å². The maximum Gasteiger partial charge on any atom is 0.411 e. The molecule has 1 aromatic heterocycles. The molecule has 1 amide bonds. The van der Waals surface area contributed by atoms with E-state index in [0.29, 0.717) is 11.3 Å². The second-order valence-corrected chi connectivity index (χ2v) is 10.5. The minimum atomic E-state index is -5.24. The van der Waals surface area contributed by atoms with Crippen LogP contribution in [0, 0.1) is 12.3 Å². The third-order valence-corrected chi connectivity index (χ3v) is 7.19. The summed E-state index contributed by atoms with van der Waals surface area (Å²) in [5.74, 6) is -2.09. The Hall–Kier alpha value is -3.88. The highest BCUT2D eigenvalue weighted by Crippen LogP contribution is 2.57. The van der Waals surface area contributed by atoms with Gasteiger partial charge < -0.3 is 4.90 Å². The number of Topliss-reactive ketones (excluding diaryl/α,β-unsaturated/α-hetero) is 1. The average Bonchev–Trinajstić information content (AvgIpc) is 3.25. The lowest BCUT2D eigenvalue weighted by molar-refractivity contribution is -0.189. The number of alkyl halides is 3. The highest BCUT2D eigenvalue weighted by molar-refractivity contribution is 6.13. The lowest BCUT2D eigenvalue weighted by atomic mass is 9.66. The van der Waals surface area contributed by atoms with E-state index in [1.165, 1.54) is 6.92 Å². The van der Waals surface area contributed by atoms with E-state index in [-0.39, 0.29) is 30.8 Å². The van der Waals surface area contributed by atoms with Crippen molar-refractivity contribution in [2.75, 3.05) is 0 Å². The van der Waals surface area contributed by atoms with Crippen LogP contribution >= 0.6 is 0 Å². The predicted octanol–water partition coefficient (Wildman–Crippen LogP) is 4.96. The molecule has 0 radical (unpaired) electrons. The number of nitrogens with one attached hydrogen (secondary N) is 1. The maximum atomic E-state index is 15.4.